The van der Waals surface area contributed by atoms with Crippen LogP contribution in [0.25, 0.3) is 22.3 Å². The fourth-order valence-corrected chi connectivity index (χ4v) is 2.36. The van der Waals surface area contributed by atoms with E-state index in [1.807, 2.05) is 13.8 Å². The Morgan fingerprint density at radius 2 is 2.09 bits per heavy atom. The maximum absolute atomic E-state index is 13.9. The minimum absolute atomic E-state index is 0.00319. The largest absolute Gasteiger partial charge is 0.383 e. The van der Waals surface area contributed by atoms with Crippen molar-refractivity contribution in [3.8, 4) is 11.3 Å². The molecule has 0 atom stereocenters. The Labute approximate surface area is 129 Å². The van der Waals surface area contributed by atoms with Gasteiger partial charge in [0.1, 0.15) is 17.8 Å². The molecule has 23 heavy (non-hydrogen) atoms. The fourth-order valence-electron chi connectivity index (χ4n) is 2.36. The van der Waals surface area contributed by atoms with Crippen molar-refractivity contribution in [1.29, 1.82) is 0 Å². The molecule has 2 aromatic heterocycles. The average Bonchev–Trinajstić information content (AvgIpc) is 2.88. The highest BCUT2D eigenvalue weighted by Crippen LogP contribution is 2.33. The van der Waals surface area contributed by atoms with Gasteiger partial charge in [0.25, 0.3) is 0 Å². The molecule has 0 spiro atoms. The first-order valence-electron chi connectivity index (χ1n) is 6.83. The SMILES string of the molecule is CC(C)n1nc(-c2ccc([N+](=O)[O-])c(F)c2)c2c(N)ncnc21. The molecule has 0 unspecified atom stereocenters. The van der Waals surface area contributed by atoms with E-state index in [2.05, 4.69) is 15.1 Å². The van der Waals surface area contributed by atoms with Gasteiger partial charge in [-0.3, -0.25) is 10.1 Å². The van der Waals surface area contributed by atoms with Crippen LogP contribution in [0.4, 0.5) is 15.9 Å². The molecule has 0 aliphatic rings. The van der Waals surface area contributed by atoms with Gasteiger partial charge in [0.2, 0.25) is 5.82 Å². The summed E-state index contributed by atoms with van der Waals surface area (Å²) in [7, 11) is 0. The molecule has 3 aromatic rings. The number of nitro benzene ring substituents is 1. The van der Waals surface area contributed by atoms with E-state index in [1.54, 1.807) is 4.68 Å². The first-order chi connectivity index (χ1) is 10.9. The number of aromatic nitrogens is 4. The monoisotopic (exact) mass is 316 g/mol. The molecule has 3 rings (SSSR count). The molecule has 118 valence electrons. The Morgan fingerprint density at radius 3 is 2.70 bits per heavy atom. The number of hydrogen-bond acceptors (Lipinski definition) is 6. The van der Waals surface area contributed by atoms with Crippen LogP contribution in [-0.2, 0) is 0 Å². The van der Waals surface area contributed by atoms with E-state index in [0.29, 0.717) is 22.3 Å². The van der Waals surface area contributed by atoms with Gasteiger partial charge in [-0.15, -0.1) is 0 Å². The van der Waals surface area contributed by atoms with E-state index in [9.17, 15) is 14.5 Å². The zero-order valence-corrected chi connectivity index (χ0v) is 12.4. The summed E-state index contributed by atoms with van der Waals surface area (Å²) in [5.74, 6) is -0.717. The number of fused-ring (bicyclic) bond motifs is 1. The summed E-state index contributed by atoms with van der Waals surface area (Å²) >= 11 is 0. The molecule has 0 aliphatic carbocycles. The van der Waals surface area contributed by atoms with Gasteiger partial charge in [-0.05, 0) is 26.0 Å². The zero-order chi connectivity index (χ0) is 16.7. The second-order valence-corrected chi connectivity index (χ2v) is 5.27. The Bertz CT molecular complexity index is 921. The van der Waals surface area contributed by atoms with Crippen molar-refractivity contribution in [2.24, 2.45) is 0 Å². The first kappa shape index (κ1) is 14.8. The summed E-state index contributed by atoms with van der Waals surface area (Å²) in [6.07, 6.45) is 1.33. The van der Waals surface area contributed by atoms with Gasteiger partial charge >= 0.3 is 5.69 Å². The molecule has 2 heterocycles. The fraction of sp³-hybridized carbons (Fsp3) is 0.214. The third kappa shape index (κ3) is 2.35. The normalized spacial score (nSPS) is 11.3. The summed E-state index contributed by atoms with van der Waals surface area (Å²) in [6.45, 7) is 3.84. The molecule has 0 radical (unpaired) electrons. The lowest BCUT2D eigenvalue weighted by atomic mass is 10.1. The van der Waals surface area contributed by atoms with Gasteiger partial charge in [-0.25, -0.2) is 14.6 Å². The lowest BCUT2D eigenvalue weighted by molar-refractivity contribution is -0.387. The predicted molar refractivity (Wildman–Crippen MR) is 82.2 cm³/mol. The minimum Gasteiger partial charge on any atom is -0.383 e. The molecule has 9 heteroatoms. The summed E-state index contributed by atoms with van der Waals surface area (Å²) in [6, 6.07) is 3.60. The van der Waals surface area contributed by atoms with E-state index in [0.717, 1.165) is 12.1 Å². The number of rotatable bonds is 3. The van der Waals surface area contributed by atoms with Crippen LogP contribution in [0.3, 0.4) is 0 Å². The van der Waals surface area contributed by atoms with Crippen molar-refractivity contribution in [3.05, 3.63) is 40.5 Å². The van der Waals surface area contributed by atoms with Crippen LogP contribution in [0, 0.1) is 15.9 Å². The zero-order valence-electron chi connectivity index (χ0n) is 12.4. The molecule has 0 saturated heterocycles. The van der Waals surface area contributed by atoms with Crippen LogP contribution < -0.4 is 5.73 Å². The number of nitrogens with zero attached hydrogens (tertiary/aromatic N) is 5. The maximum Gasteiger partial charge on any atom is 0.304 e. The Morgan fingerprint density at radius 1 is 1.35 bits per heavy atom. The van der Waals surface area contributed by atoms with Crippen LogP contribution in [0.2, 0.25) is 0 Å². The Hall–Kier alpha value is -3.10. The van der Waals surface area contributed by atoms with Crippen molar-refractivity contribution in [3.63, 3.8) is 0 Å². The van der Waals surface area contributed by atoms with Gasteiger partial charge in [0.15, 0.2) is 5.65 Å². The molecular weight excluding hydrogens is 303 g/mol. The molecular formula is C14H13FN6O2. The predicted octanol–water partition coefficient (Wildman–Crippen LogP) is 2.70. The molecule has 0 aliphatic heterocycles. The third-order valence-corrected chi connectivity index (χ3v) is 3.43. The highest BCUT2D eigenvalue weighted by molar-refractivity contribution is 5.98. The van der Waals surface area contributed by atoms with Crippen molar-refractivity contribution in [2.75, 3.05) is 5.73 Å². The van der Waals surface area contributed by atoms with E-state index in [4.69, 9.17) is 5.73 Å². The number of nitro groups is 1. The smallest absolute Gasteiger partial charge is 0.304 e. The average molecular weight is 316 g/mol. The molecule has 0 amide bonds. The highest BCUT2D eigenvalue weighted by Gasteiger charge is 2.21. The second-order valence-electron chi connectivity index (χ2n) is 5.27. The van der Waals surface area contributed by atoms with Crippen LogP contribution >= 0.6 is 0 Å². The van der Waals surface area contributed by atoms with E-state index < -0.39 is 16.4 Å². The van der Waals surface area contributed by atoms with Crippen LogP contribution in [0.15, 0.2) is 24.5 Å². The summed E-state index contributed by atoms with van der Waals surface area (Å²) in [5, 5.41) is 15.7. The molecule has 2 N–H and O–H groups in total. The van der Waals surface area contributed by atoms with Crippen LogP contribution in [-0.4, -0.2) is 24.7 Å². The minimum atomic E-state index is -0.935. The highest BCUT2D eigenvalue weighted by atomic mass is 19.1. The topological polar surface area (TPSA) is 113 Å². The van der Waals surface area contributed by atoms with Crippen LogP contribution in [0.5, 0.6) is 0 Å². The van der Waals surface area contributed by atoms with Gasteiger partial charge in [-0.2, -0.15) is 9.49 Å². The Balaban J connectivity index is 2.28. The van der Waals surface area contributed by atoms with Crippen LogP contribution in [0.1, 0.15) is 19.9 Å². The van der Waals surface area contributed by atoms with Crippen molar-refractivity contribution < 1.29 is 9.31 Å². The van der Waals surface area contributed by atoms with Crippen molar-refractivity contribution >= 4 is 22.5 Å². The number of hydrogen-bond donors (Lipinski definition) is 1. The number of halogens is 1. The molecule has 8 nitrogen and oxygen atoms in total. The van der Waals surface area contributed by atoms with Crippen molar-refractivity contribution in [2.45, 2.75) is 19.9 Å². The second kappa shape index (κ2) is 5.27. The molecule has 1 aromatic carbocycles. The maximum atomic E-state index is 13.9. The summed E-state index contributed by atoms with van der Waals surface area (Å²) in [5.41, 5.74) is 6.62. The molecule has 0 fully saturated rings. The van der Waals surface area contributed by atoms with Gasteiger partial charge in [0, 0.05) is 17.7 Å². The number of nitrogen functional groups attached to an aromatic ring is 1. The van der Waals surface area contributed by atoms with Gasteiger partial charge < -0.3 is 5.73 Å². The number of nitrogens with two attached hydrogens (primary N) is 1. The van der Waals surface area contributed by atoms with E-state index in [-0.39, 0.29) is 11.9 Å². The third-order valence-electron chi connectivity index (χ3n) is 3.43. The van der Waals surface area contributed by atoms with Crippen molar-refractivity contribution in [1.82, 2.24) is 19.7 Å². The lowest BCUT2D eigenvalue weighted by Gasteiger charge is -2.05. The lowest BCUT2D eigenvalue weighted by Crippen LogP contribution is -2.04. The van der Waals surface area contributed by atoms with E-state index in [1.165, 1.54) is 12.4 Å². The first-order valence-corrected chi connectivity index (χ1v) is 6.83. The molecule has 0 bridgehead atoms. The number of benzene rings is 1. The van der Waals surface area contributed by atoms with Gasteiger partial charge in [0.05, 0.1) is 10.3 Å². The summed E-state index contributed by atoms with van der Waals surface area (Å²) < 4.78 is 15.6. The summed E-state index contributed by atoms with van der Waals surface area (Å²) in [4.78, 5) is 18.1. The number of anilines is 1. The van der Waals surface area contributed by atoms with Gasteiger partial charge in [-0.1, -0.05) is 0 Å². The standard InChI is InChI=1S/C14H13FN6O2/c1-7(2)20-14-11(13(16)17-6-18-14)12(19-20)8-3-4-10(21(22)23)9(15)5-8/h3-7H,1-2H3,(H2,16,17,18). The Kier molecular flexibility index (Phi) is 3.40. The van der Waals surface area contributed by atoms with E-state index >= 15 is 0 Å². The quantitative estimate of drug-likeness (QED) is 0.587. The molecule has 0 saturated carbocycles.